The molecular weight excluding hydrogens is 266 g/mol. The fourth-order valence-electron chi connectivity index (χ4n) is 1.62. The first-order chi connectivity index (χ1) is 9.11. The summed E-state index contributed by atoms with van der Waals surface area (Å²) in [6, 6.07) is 0. The van der Waals surface area contributed by atoms with Gasteiger partial charge in [-0.15, -0.1) is 11.8 Å². The molecule has 100 valence electrons. The molecule has 0 bridgehead atoms. The maximum Gasteiger partial charge on any atom is 0.346 e. The highest BCUT2D eigenvalue weighted by atomic mass is 32.2. The van der Waals surface area contributed by atoms with E-state index in [1.807, 2.05) is 0 Å². The number of nitrogens with one attached hydrogen (secondary N) is 3. The summed E-state index contributed by atoms with van der Waals surface area (Å²) in [5.41, 5.74) is 1.33. The number of rotatable bonds is 4. The minimum Gasteiger partial charge on any atom is -0.348 e. The molecule has 8 heteroatoms. The van der Waals surface area contributed by atoms with E-state index in [0.717, 1.165) is 5.56 Å². The van der Waals surface area contributed by atoms with Crippen LogP contribution < -0.4 is 11.0 Å². The Kier molecular flexibility index (Phi) is 4.00. The van der Waals surface area contributed by atoms with Crippen LogP contribution in [0.1, 0.15) is 21.6 Å². The highest BCUT2D eigenvalue weighted by Crippen LogP contribution is 2.17. The number of hydrogen-bond donors (Lipinski definition) is 3. The smallest absolute Gasteiger partial charge is 0.346 e. The molecule has 0 aliphatic rings. The number of aromatic amines is 2. The van der Waals surface area contributed by atoms with Crippen molar-refractivity contribution in [3.63, 3.8) is 0 Å². The lowest BCUT2D eigenvalue weighted by molar-refractivity contribution is 0.0946. The Morgan fingerprint density at radius 2 is 2.32 bits per heavy atom. The van der Waals surface area contributed by atoms with Gasteiger partial charge in [0, 0.05) is 24.0 Å². The van der Waals surface area contributed by atoms with Crippen molar-refractivity contribution in [2.75, 3.05) is 6.26 Å². The SMILES string of the molecule is CSc1nc(=O)[nH]c(C)c1C(=O)NCc1cn[nH]c1. The zero-order valence-corrected chi connectivity index (χ0v) is 11.3. The fourth-order valence-corrected chi connectivity index (χ4v) is 2.24. The molecule has 0 aliphatic heterocycles. The topological polar surface area (TPSA) is 104 Å². The van der Waals surface area contributed by atoms with E-state index < -0.39 is 5.69 Å². The van der Waals surface area contributed by atoms with Crippen LogP contribution in [0.3, 0.4) is 0 Å². The second-order valence-electron chi connectivity index (χ2n) is 3.84. The van der Waals surface area contributed by atoms with Gasteiger partial charge in [0.05, 0.1) is 11.8 Å². The molecule has 0 spiro atoms. The summed E-state index contributed by atoms with van der Waals surface area (Å²) in [5, 5.41) is 9.65. The van der Waals surface area contributed by atoms with Gasteiger partial charge in [0.15, 0.2) is 0 Å². The quantitative estimate of drug-likeness (QED) is 0.557. The van der Waals surface area contributed by atoms with Gasteiger partial charge in [-0.05, 0) is 13.2 Å². The minimum atomic E-state index is -0.451. The molecule has 7 nitrogen and oxygen atoms in total. The molecule has 19 heavy (non-hydrogen) atoms. The molecule has 0 unspecified atom stereocenters. The van der Waals surface area contributed by atoms with Gasteiger partial charge in [-0.2, -0.15) is 10.1 Å². The normalized spacial score (nSPS) is 10.4. The highest BCUT2D eigenvalue weighted by molar-refractivity contribution is 7.98. The summed E-state index contributed by atoms with van der Waals surface area (Å²) in [6.07, 6.45) is 5.11. The number of H-pyrrole nitrogens is 2. The van der Waals surface area contributed by atoms with E-state index in [-0.39, 0.29) is 5.91 Å². The maximum atomic E-state index is 12.1. The van der Waals surface area contributed by atoms with Crippen molar-refractivity contribution in [2.45, 2.75) is 18.5 Å². The Morgan fingerprint density at radius 3 is 2.95 bits per heavy atom. The largest absolute Gasteiger partial charge is 0.348 e. The lowest BCUT2D eigenvalue weighted by atomic mass is 10.2. The van der Waals surface area contributed by atoms with Gasteiger partial charge in [0.2, 0.25) is 0 Å². The molecule has 0 fully saturated rings. The number of thioether (sulfide) groups is 1. The van der Waals surface area contributed by atoms with E-state index in [2.05, 4.69) is 25.5 Å². The van der Waals surface area contributed by atoms with Crippen LogP contribution in [0.2, 0.25) is 0 Å². The molecule has 0 atom stereocenters. The molecule has 2 heterocycles. The first-order valence-corrected chi connectivity index (χ1v) is 6.75. The summed E-state index contributed by atoms with van der Waals surface area (Å²) in [4.78, 5) is 29.7. The lowest BCUT2D eigenvalue weighted by Crippen LogP contribution is -2.27. The van der Waals surface area contributed by atoms with Gasteiger partial charge in [0.25, 0.3) is 5.91 Å². The Morgan fingerprint density at radius 1 is 1.53 bits per heavy atom. The predicted octanol–water partition coefficient (Wildman–Crippen LogP) is 0.453. The number of hydrogen-bond acceptors (Lipinski definition) is 5. The van der Waals surface area contributed by atoms with Crippen LogP contribution in [0, 0.1) is 6.92 Å². The van der Waals surface area contributed by atoms with E-state index >= 15 is 0 Å². The van der Waals surface area contributed by atoms with Gasteiger partial charge in [-0.25, -0.2) is 4.79 Å². The summed E-state index contributed by atoms with van der Waals surface area (Å²) in [6.45, 7) is 2.04. The van der Waals surface area contributed by atoms with E-state index in [1.54, 1.807) is 25.6 Å². The molecule has 0 saturated carbocycles. The summed E-state index contributed by atoms with van der Waals surface area (Å²) in [5.74, 6) is -0.271. The van der Waals surface area contributed by atoms with Crippen LogP contribution in [-0.2, 0) is 6.54 Å². The summed E-state index contributed by atoms with van der Waals surface area (Å²) >= 11 is 1.26. The van der Waals surface area contributed by atoms with Gasteiger partial charge in [-0.3, -0.25) is 9.89 Å². The van der Waals surface area contributed by atoms with Crippen LogP contribution in [-0.4, -0.2) is 32.3 Å². The second-order valence-corrected chi connectivity index (χ2v) is 4.64. The Bertz CT molecular complexity index is 635. The number of carbonyl (C=O) groups is 1. The number of aromatic nitrogens is 4. The number of amides is 1. The van der Waals surface area contributed by atoms with Gasteiger partial charge in [-0.1, -0.05) is 0 Å². The average Bonchev–Trinajstić information content (AvgIpc) is 2.88. The molecule has 3 N–H and O–H groups in total. The first kappa shape index (κ1) is 13.3. The van der Waals surface area contributed by atoms with E-state index in [9.17, 15) is 9.59 Å². The van der Waals surface area contributed by atoms with Crippen molar-refractivity contribution >= 4 is 17.7 Å². The van der Waals surface area contributed by atoms with Crippen molar-refractivity contribution in [1.29, 1.82) is 0 Å². The van der Waals surface area contributed by atoms with Crippen molar-refractivity contribution < 1.29 is 4.79 Å². The van der Waals surface area contributed by atoms with Crippen LogP contribution in [0.15, 0.2) is 22.2 Å². The zero-order valence-electron chi connectivity index (χ0n) is 10.5. The maximum absolute atomic E-state index is 12.1. The van der Waals surface area contributed by atoms with Crippen LogP contribution in [0.5, 0.6) is 0 Å². The van der Waals surface area contributed by atoms with Gasteiger partial charge in [0.1, 0.15) is 5.03 Å². The Hall–Kier alpha value is -2.09. The molecular formula is C11H13N5O2S. The second kappa shape index (κ2) is 5.70. The molecule has 2 aromatic rings. The van der Waals surface area contributed by atoms with Crippen molar-refractivity contribution in [1.82, 2.24) is 25.5 Å². The molecule has 2 rings (SSSR count). The van der Waals surface area contributed by atoms with Gasteiger partial charge < -0.3 is 10.3 Å². The van der Waals surface area contributed by atoms with Crippen LogP contribution in [0.25, 0.3) is 0 Å². The van der Waals surface area contributed by atoms with Crippen LogP contribution in [0.4, 0.5) is 0 Å². The zero-order chi connectivity index (χ0) is 13.8. The Labute approximate surface area is 113 Å². The number of nitrogens with zero attached hydrogens (tertiary/aromatic N) is 2. The van der Waals surface area contributed by atoms with Gasteiger partial charge >= 0.3 is 5.69 Å². The van der Waals surface area contributed by atoms with Crippen molar-refractivity contribution in [3.8, 4) is 0 Å². The standard InChI is InChI=1S/C11H13N5O2S/c1-6-8(10(19-2)16-11(18)15-6)9(17)12-3-7-4-13-14-5-7/h4-5H,3H2,1-2H3,(H,12,17)(H,13,14)(H,15,16,18). The number of carbonyl (C=O) groups excluding carboxylic acids is 1. The summed E-state index contributed by atoms with van der Waals surface area (Å²) in [7, 11) is 0. The fraction of sp³-hybridized carbons (Fsp3) is 0.273. The minimum absolute atomic E-state index is 0.271. The summed E-state index contributed by atoms with van der Waals surface area (Å²) < 4.78 is 0. The Balaban J connectivity index is 2.21. The third-order valence-corrected chi connectivity index (χ3v) is 3.20. The molecule has 2 aromatic heterocycles. The van der Waals surface area contributed by atoms with Crippen LogP contribution >= 0.6 is 11.8 Å². The first-order valence-electron chi connectivity index (χ1n) is 5.52. The third kappa shape index (κ3) is 3.02. The predicted molar refractivity (Wildman–Crippen MR) is 71.1 cm³/mol. The molecule has 0 saturated heterocycles. The third-order valence-electron chi connectivity index (χ3n) is 2.51. The molecule has 0 aliphatic carbocycles. The monoisotopic (exact) mass is 279 g/mol. The van der Waals surface area contributed by atoms with Crippen molar-refractivity contribution in [3.05, 3.63) is 39.7 Å². The molecule has 0 aromatic carbocycles. The van der Waals surface area contributed by atoms with E-state index in [4.69, 9.17) is 0 Å². The highest BCUT2D eigenvalue weighted by Gasteiger charge is 2.16. The molecule has 0 radical (unpaired) electrons. The lowest BCUT2D eigenvalue weighted by Gasteiger charge is -2.09. The average molecular weight is 279 g/mol. The van der Waals surface area contributed by atoms with E-state index in [0.29, 0.717) is 22.8 Å². The van der Waals surface area contributed by atoms with Crippen molar-refractivity contribution in [2.24, 2.45) is 0 Å². The number of aryl methyl sites for hydroxylation is 1. The molecule has 1 amide bonds. The van der Waals surface area contributed by atoms with E-state index in [1.165, 1.54) is 11.8 Å².